The molecule has 0 heterocycles. The number of benzene rings is 1. The fourth-order valence-electron chi connectivity index (χ4n) is 3.13. The van der Waals surface area contributed by atoms with E-state index in [1.165, 1.54) is 18.9 Å². The zero-order chi connectivity index (χ0) is 14.8. The predicted octanol–water partition coefficient (Wildman–Crippen LogP) is 4.07. The van der Waals surface area contributed by atoms with Gasteiger partial charge in [-0.25, -0.2) is 4.39 Å². The first-order chi connectivity index (χ1) is 9.43. The van der Waals surface area contributed by atoms with Crippen LogP contribution < -0.4 is 11.3 Å². The van der Waals surface area contributed by atoms with Gasteiger partial charge in [-0.15, -0.1) is 0 Å². The number of hydrogen-bond acceptors (Lipinski definition) is 2. The van der Waals surface area contributed by atoms with Crippen molar-refractivity contribution in [1.29, 1.82) is 0 Å². The van der Waals surface area contributed by atoms with E-state index in [-0.39, 0.29) is 16.9 Å². The number of hydrogen-bond donors (Lipinski definition) is 2. The summed E-state index contributed by atoms with van der Waals surface area (Å²) in [5.41, 5.74) is 4.18. The standard InChI is InChI=1S/C16H24ClFN2/c1-16(2)8-6-11(7-9-16)14(20-19)10-12-4-3-5-13(18)15(12)17/h3-5,11,14,20H,6-10,19H2,1-2H3. The molecule has 1 atom stereocenters. The molecule has 0 aromatic heterocycles. The molecule has 1 aromatic rings. The lowest BCUT2D eigenvalue weighted by atomic mass is 9.70. The minimum absolute atomic E-state index is 0.158. The molecule has 2 nitrogen and oxygen atoms in total. The van der Waals surface area contributed by atoms with Crippen molar-refractivity contribution in [3.8, 4) is 0 Å². The lowest BCUT2D eigenvalue weighted by Crippen LogP contribution is -2.44. The van der Waals surface area contributed by atoms with Gasteiger partial charge in [-0.3, -0.25) is 11.3 Å². The van der Waals surface area contributed by atoms with E-state index >= 15 is 0 Å². The molecule has 2 rings (SSSR count). The van der Waals surface area contributed by atoms with Crippen molar-refractivity contribution < 1.29 is 4.39 Å². The van der Waals surface area contributed by atoms with Crippen LogP contribution in [0.5, 0.6) is 0 Å². The average Bonchev–Trinajstić information content (AvgIpc) is 2.41. The van der Waals surface area contributed by atoms with Gasteiger partial charge in [0, 0.05) is 6.04 Å². The van der Waals surface area contributed by atoms with Gasteiger partial charge >= 0.3 is 0 Å². The molecule has 0 spiro atoms. The highest BCUT2D eigenvalue weighted by atomic mass is 35.5. The van der Waals surface area contributed by atoms with E-state index in [1.807, 2.05) is 6.07 Å². The summed E-state index contributed by atoms with van der Waals surface area (Å²) in [4.78, 5) is 0. The maximum atomic E-state index is 13.5. The Hall–Kier alpha value is -0.640. The van der Waals surface area contributed by atoms with E-state index < -0.39 is 0 Å². The van der Waals surface area contributed by atoms with Crippen molar-refractivity contribution in [1.82, 2.24) is 5.43 Å². The summed E-state index contributed by atoms with van der Waals surface area (Å²) in [6.45, 7) is 4.63. The first kappa shape index (κ1) is 15.7. The highest BCUT2D eigenvalue weighted by Crippen LogP contribution is 2.39. The second-order valence-electron chi connectivity index (χ2n) is 6.69. The Morgan fingerprint density at radius 2 is 2.05 bits per heavy atom. The van der Waals surface area contributed by atoms with Crippen LogP contribution in [-0.2, 0) is 6.42 Å². The predicted molar refractivity (Wildman–Crippen MR) is 82.0 cm³/mol. The maximum absolute atomic E-state index is 13.5. The fraction of sp³-hybridized carbons (Fsp3) is 0.625. The lowest BCUT2D eigenvalue weighted by molar-refractivity contribution is 0.161. The number of hydrazine groups is 1. The summed E-state index contributed by atoms with van der Waals surface area (Å²) in [5.74, 6) is 5.90. The summed E-state index contributed by atoms with van der Waals surface area (Å²) in [6, 6.07) is 5.13. The number of nitrogens with one attached hydrogen (secondary N) is 1. The first-order valence-electron chi connectivity index (χ1n) is 7.32. The molecule has 3 N–H and O–H groups in total. The maximum Gasteiger partial charge on any atom is 0.142 e. The van der Waals surface area contributed by atoms with Crippen LogP contribution in [-0.4, -0.2) is 6.04 Å². The van der Waals surface area contributed by atoms with Crippen molar-refractivity contribution in [2.75, 3.05) is 0 Å². The van der Waals surface area contributed by atoms with Crippen LogP contribution in [0.25, 0.3) is 0 Å². The number of nitrogens with two attached hydrogens (primary N) is 1. The molecule has 0 radical (unpaired) electrons. The Labute approximate surface area is 125 Å². The van der Waals surface area contributed by atoms with Crippen LogP contribution in [0.15, 0.2) is 18.2 Å². The van der Waals surface area contributed by atoms with Crippen molar-refractivity contribution in [2.24, 2.45) is 17.2 Å². The minimum Gasteiger partial charge on any atom is -0.271 e. The van der Waals surface area contributed by atoms with Gasteiger partial charge in [-0.2, -0.15) is 0 Å². The molecular formula is C16H24ClFN2. The summed E-state index contributed by atoms with van der Waals surface area (Å²) in [7, 11) is 0. The van der Waals surface area contributed by atoms with E-state index in [0.29, 0.717) is 17.8 Å². The quantitative estimate of drug-likeness (QED) is 0.649. The van der Waals surface area contributed by atoms with Crippen LogP contribution in [0.2, 0.25) is 5.02 Å². The third-order valence-corrected chi connectivity index (χ3v) is 5.06. The minimum atomic E-state index is -0.357. The van der Waals surface area contributed by atoms with Gasteiger partial charge in [0.05, 0.1) is 5.02 Å². The van der Waals surface area contributed by atoms with Crippen LogP contribution in [0.3, 0.4) is 0 Å². The molecule has 20 heavy (non-hydrogen) atoms. The summed E-state index contributed by atoms with van der Waals surface area (Å²) in [5, 5.41) is 0.226. The Bertz CT molecular complexity index is 452. The van der Waals surface area contributed by atoms with E-state index in [4.69, 9.17) is 17.4 Å². The Morgan fingerprint density at radius 3 is 2.65 bits per heavy atom. The zero-order valence-electron chi connectivity index (χ0n) is 12.3. The molecule has 112 valence electrons. The molecule has 1 saturated carbocycles. The second kappa shape index (κ2) is 6.42. The molecule has 1 aliphatic carbocycles. The zero-order valence-corrected chi connectivity index (χ0v) is 13.0. The molecule has 0 aliphatic heterocycles. The summed E-state index contributed by atoms with van der Waals surface area (Å²) >= 11 is 6.03. The molecule has 1 aromatic carbocycles. The van der Waals surface area contributed by atoms with Crippen LogP contribution in [0.4, 0.5) is 4.39 Å². The molecule has 1 fully saturated rings. The highest BCUT2D eigenvalue weighted by Gasteiger charge is 2.31. The third-order valence-electron chi connectivity index (χ3n) is 4.64. The largest absolute Gasteiger partial charge is 0.271 e. The molecule has 1 unspecified atom stereocenters. The topological polar surface area (TPSA) is 38.0 Å². The van der Waals surface area contributed by atoms with E-state index in [1.54, 1.807) is 6.07 Å². The molecule has 0 amide bonds. The highest BCUT2D eigenvalue weighted by molar-refractivity contribution is 6.31. The molecule has 1 aliphatic rings. The van der Waals surface area contributed by atoms with Gasteiger partial charge in [-0.1, -0.05) is 37.6 Å². The Balaban J connectivity index is 2.04. The van der Waals surface area contributed by atoms with Crippen LogP contribution in [0, 0.1) is 17.2 Å². The SMILES string of the molecule is CC1(C)CCC(C(Cc2cccc(F)c2Cl)NN)CC1. The summed E-state index contributed by atoms with van der Waals surface area (Å²) in [6.07, 6.45) is 5.43. The normalized spacial score (nSPS) is 20.9. The van der Waals surface area contributed by atoms with Gasteiger partial charge < -0.3 is 0 Å². The Morgan fingerprint density at radius 1 is 1.40 bits per heavy atom. The van der Waals surface area contributed by atoms with Gasteiger partial charge in [0.25, 0.3) is 0 Å². The number of halogens is 2. The molecule has 4 heteroatoms. The third kappa shape index (κ3) is 3.72. The monoisotopic (exact) mass is 298 g/mol. The molecule has 0 saturated heterocycles. The molecular weight excluding hydrogens is 275 g/mol. The smallest absolute Gasteiger partial charge is 0.142 e. The van der Waals surface area contributed by atoms with Crippen LogP contribution >= 0.6 is 11.6 Å². The fourth-order valence-corrected chi connectivity index (χ4v) is 3.33. The van der Waals surface area contributed by atoms with Gasteiger partial charge in [0.2, 0.25) is 0 Å². The van der Waals surface area contributed by atoms with Crippen molar-refractivity contribution in [3.05, 3.63) is 34.6 Å². The van der Waals surface area contributed by atoms with Crippen LogP contribution in [0.1, 0.15) is 45.1 Å². The van der Waals surface area contributed by atoms with E-state index in [9.17, 15) is 4.39 Å². The second-order valence-corrected chi connectivity index (χ2v) is 7.07. The Kier molecular flexibility index (Phi) is 5.05. The van der Waals surface area contributed by atoms with Gasteiger partial charge in [0.15, 0.2) is 0 Å². The number of rotatable bonds is 4. The first-order valence-corrected chi connectivity index (χ1v) is 7.70. The van der Waals surface area contributed by atoms with Crippen molar-refractivity contribution in [3.63, 3.8) is 0 Å². The van der Waals surface area contributed by atoms with E-state index in [0.717, 1.165) is 18.4 Å². The van der Waals surface area contributed by atoms with E-state index in [2.05, 4.69) is 19.3 Å². The average molecular weight is 299 g/mol. The van der Waals surface area contributed by atoms with Gasteiger partial charge in [0.1, 0.15) is 5.82 Å². The van der Waals surface area contributed by atoms with Crippen molar-refractivity contribution >= 4 is 11.6 Å². The van der Waals surface area contributed by atoms with Gasteiger partial charge in [-0.05, 0) is 55.1 Å². The molecule has 0 bridgehead atoms. The van der Waals surface area contributed by atoms with Crippen molar-refractivity contribution in [2.45, 2.75) is 52.0 Å². The summed E-state index contributed by atoms with van der Waals surface area (Å²) < 4.78 is 13.5. The lowest BCUT2D eigenvalue weighted by Gasteiger charge is -2.38.